The van der Waals surface area contributed by atoms with E-state index >= 15 is 0 Å². The number of carboxylic acids is 1. The van der Waals surface area contributed by atoms with E-state index < -0.39 is 5.97 Å². The highest BCUT2D eigenvalue weighted by Crippen LogP contribution is 2.28. The molecule has 0 aliphatic carbocycles. The number of carboxylic acid groups (broad SMARTS) is 1. The molecule has 4 nitrogen and oxygen atoms in total. The van der Waals surface area contributed by atoms with Crippen LogP contribution in [0, 0.1) is 0 Å². The number of nitrogens with zero attached hydrogens (tertiary/aromatic N) is 1. The van der Waals surface area contributed by atoms with Crippen molar-refractivity contribution in [2.24, 2.45) is 0 Å². The second-order valence-electron chi connectivity index (χ2n) is 3.33. The van der Waals surface area contributed by atoms with Crippen LogP contribution in [-0.2, 0) is 10.5 Å². The van der Waals surface area contributed by atoms with Crippen molar-refractivity contribution in [1.29, 1.82) is 0 Å². The van der Waals surface area contributed by atoms with Crippen molar-refractivity contribution < 1.29 is 14.6 Å². The Morgan fingerprint density at radius 3 is 3.12 bits per heavy atom. The van der Waals surface area contributed by atoms with Crippen molar-refractivity contribution in [3.8, 4) is 5.75 Å². The first-order chi connectivity index (χ1) is 8.19. The Bertz CT molecular complexity index is 538. The third-order valence-corrected chi connectivity index (χ3v) is 4.22. The highest BCUT2D eigenvalue weighted by Gasteiger charge is 2.06. The number of thiazole rings is 1. The fourth-order valence-corrected chi connectivity index (χ4v) is 3.16. The molecule has 0 aliphatic heterocycles. The Hall–Kier alpha value is -1.27. The molecule has 0 atom stereocenters. The van der Waals surface area contributed by atoms with Crippen LogP contribution in [0.5, 0.6) is 5.75 Å². The van der Waals surface area contributed by atoms with E-state index in [4.69, 9.17) is 9.84 Å². The Balaban J connectivity index is 2.11. The van der Waals surface area contributed by atoms with E-state index in [1.165, 1.54) is 11.8 Å². The van der Waals surface area contributed by atoms with E-state index in [-0.39, 0.29) is 5.75 Å². The number of fused-ring (bicyclic) bond motifs is 1. The van der Waals surface area contributed by atoms with E-state index in [0.29, 0.717) is 5.75 Å². The number of hydrogen-bond donors (Lipinski definition) is 1. The van der Waals surface area contributed by atoms with Crippen molar-refractivity contribution in [3.05, 3.63) is 23.2 Å². The molecule has 2 rings (SSSR count). The number of aliphatic carboxylic acids is 1. The first-order valence-electron chi connectivity index (χ1n) is 4.92. The molecule has 0 unspecified atom stereocenters. The smallest absolute Gasteiger partial charge is 0.313 e. The average molecular weight is 269 g/mol. The van der Waals surface area contributed by atoms with Gasteiger partial charge in [0.2, 0.25) is 0 Å². The molecule has 1 aromatic heterocycles. The molecule has 1 aromatic carbocycles. The summed E-state index contributed by atoms with van der Waals surface area (Å²) in [6.45, 7) is 0. The third-order valence-electron chi connectivity index (χ3n) is 2.09. The standard InChI is InChI=1S/C11H11NO3S2/c1-15-7-2-3-8-9(4-7)17-10(12-8)5-16-6-11(13)14/h2-4H,5-6H2,1H3,(H,13,14). The minimum atomic E-state index is -0.794. The molecule has 2 aromatic rings. The molecule has 0 bridgehead atoms. The van der Waals surface area contributed by atoms with Crippen LogP contribution in [0.15, 0.2) is 18.2 Å². The number of hydrogen-bond acceptors (Lipinski definition) is 5. The van der Waals surface area contributed by atoms with Crippen LogP contribution in [0.25, 0.3) is 10.2 Å². The largest absolute Gasteiger partial charge is 0.497 e. The Kier molecular flexibility index (Phi) is 3.86. The Labute approximate surface area is 107 Å². The second-order valence-corrected chi connectivity index (χ2v) is 5.43. The zero-order valence-corrected chi connectivity index (χ0v) is 10.8. The number of aromatic nitrogens is 1. The van der Waals surface area contributed by atoms with E-state index in [1.807, 2.05) is 18.2 Å². The molecule has 0 radical (unpaired) electrons. The van der Waals surface area contributed by atoms with Crippen LogP contribution in [0.2, 0.25) is 0 Å². The molecule has 6 heteroatoms. The van der Waals surface area contributed by atoms with Crippen LogP contribution in [-0.4, -0.2) is 28.9 Å². The molecule has 0 saturated carbocycles. The Morgan fingerprint density at radius 2 is 2.41 bits per heavy atom. The van der Waals surface area contributed by atoms with Gasteiger partial charge >= 0.3 is 5.97 Å². The first-order valence-corrected chi connectivity index (χ1v) is 6.89. The minimum absolute atomic E-state index is 0.110. The normalized spacial score (nSPS) is 10.6. The van der Waals surface area contributed by atoms with Gasteiger partial charge in [-0.2, -0.15) is 0 Å². The highest BCUT2D eigenvalue weighted by atomic mass is 32.2. The molecule has 0 amide bonds. The van der Waals surface area contributed by atoms with E-state index in [1.54, 1.807) is 18.4 Å². The minimum Gasteiger partial charge on any atom is -0.497 e. The van der Waals surface area contributed by atoms with Crippen LogP contribution in [0.4, 0.5) is 0 Å². The van der Waals surface area contributed by atoms with Gasteiger partial charge in [0.25, 0.3) is 0 Å². The summed E-state index contributed by atoms with van der Waals surface area (Å²) in [6.07, 6.45) is 0. The van der Waals surface area contributed by atoms with E-state index in [0.717, 1.165) is 21.0 Å². The lowest BCUT2D eigenvalue weighted by molar-refractivity contribution is -0.133. The van der Waals surface area contributed by atoms with Crippen molar-refractivity contribution in [3.63, 3.8) is 0 Å². The first kappa shape index (κ1) is 12.2. The maximum absolute atomic E-state index is 10.4. The SMILES string of the molecule is COc1ccc2nc(CSCC(=O)O)sc2c1. The summed E-state index contributed by atoms with van der Waals surface area (Å²) in [5.74, 6) is 0.761. The van der Waals surface area contributed by atoms with Crippen LogP contribution >= 0.6 is 23.1 Å². The molecular weight excluding hydrogens is 258 g/mol. The van der Waals surface area contributed by atoms with Crippen LogP contribution in [0.1, 0.15) is 5.01 Å². The number of methoxy groups -OCH3 is 1. The maximum atomic E-state index is 10.4. The molecule has 1 N–H and O–H groups in total. The number of benzene rings is 1. The van der Waals surface area contributed by atoms with Gasteiger partial charge in [-0.3, -0.25) is 4.79 Å². The van der Waals surface area contributed by atoms with Gasteiger partial charge in [0.15, 0.2) is 0 Å². The summed E-state index contributed by atoms with van der Waals surface area (Å²) < 4.78 is 6.21. The number of ether oxygens (including phenoxy) is 1. The molecule has 0 spiro atoms. The number of thioether (sulfide) groups is 1. The molecule has 17 heavy (non-hydrogen) atoms. The van der Waals surface area contributed by atoms with E-state index in [2.05, 4.69) is 4.98 Å². The van der Waals surface area contributed by atoms with Gasteiger partial charge in [-0.25, -0.2) is 4.98 Å². The fourth-order valence-electron chi connectivity index (χ4n) is 1.37. The molecule has 0 aliphatic rings. The predicted molar refractivity (Wildman–Crippen MR) is 70.0 cm³/mol. The second kappa shape index (κ2) is 5.37. The van der Waals surface area contributed by atoms with Crippen LogP contribution < -0.4 is 4.74 Å². The lowest BCUT2D eigenvalue weighted by atomic mass is 10.3. The molecular formula is C11H11NO3S2. The number of rotatable bonds is 5. The van der Waals surface area contributed by atoms with Gasteiger partial charge in [0.1, 0.15) is 10.8 Å². The zero-order valence-electron chi connectivity index (χ0n) is 9.17. The summed E-state index contributed by atoms with van der Waals surface area (Å²) in [4.78, 5) is 14.8. The summed E-state index contributed by atoms with van der Waals surface area (Å²) in [7, 11) is 1.63. The lowest BCUT2D eigenvalue weighted by Gasteiger charge is -1.96. The summed E-state index contributed by atoms with van der Waals surface area (Å²) >= 11 is 2.93. The predicted octanol–water partition coefficient (Wildman–Crippen LogP) is 2.62. The van der Waals surface area contributed by atoms with Crippen molar-refractivity contribution in [2.45, 2.75) is 5.75 Å². The van der Waals surface area contributed by atoms with Gasteiger partial charge < -0.3 is 9.84 Å². The monoisotopic (exact) mass is 269 g/mol. The van der Waals surface area contributed by atoms with Crippen molar-refractivity contribution >= 4 is 39.3 Å². The maximum Gasteiger partial charge on any atom is 0.313 e. The lowest BCUT2D eigenvalue weighted by Crippen LogP contribution is -1.97. The zero-order chi connectivity index (χ0) is 12.3. The molecule has 0 fully saturated rings. The summed E-state index contributed by atoms with van der Waals surface area (Å²) in [6, 6.07) is 5.73. The van der Waals surface area contributed by atoms with Crippen molar-refractivity contribution in [1.82, 2.24) is 4.98 Å². The molecule has 90 valence electrons. The summed E-state index contributed by atoms with van der Waals surface area (Å²) in [5, 5.41) is 9.49. The van der Waals surface area contributed by atoms with Gasteiger partial charge in [-0.1, -0.05) is 0 Å². The van der Waals surface area contributed by atoms with Crippen LogP contribution in [0.3, 0.4) is 0 Å². The van der Waals surface area contributed by atoms with Gasteiger partial charge in [-0.05, 0) is 18.2 Å². The fraction of sp³-hybridized carbons (Fsp3) is 0.273. The average Bonchev–Trinajstić information content (AvgIpc) is 2.69. The third kappa shape index (κ3) is 3.10. The van der Waals surface area contributed by atoms with Crippen molar-refractivity contribution in [2.75, 3.05) is 12.9 Å². The van der Waals surface area contributed by atoms with Gasteiger partial charge in [-0.15, -0.1) is 23.1 Å². The summed E-state index contributed by atoms with van der Waals surface area (Å²) in [5.41, 5.74) is 0.932. The molecule has 1 heterocycles. The van der Waals surface area contributed by atoms with E-state index in [9.17, 15) is 4.79 Å². The topological polar surface area (TPSA) is 59.4 Å². The number of carbonyl (C=O) groups is 1. The highest BCUT2D eigenvalue weighted by molar-refractivity contribution is 7.99. The van der Waals surface area contributed by atoms with Gasteiger partial charge in [0, 0.05) is 5.75 Å². The quantitative estimate of drug-likeness (QED) is 0.904. The molecule has 0 saturated heterocycles. The van der Waals surface area contributed by atoms with Gasteiger partial charge in [0.05, 0.1) is 23.1 Å². The Morgan fingerprint density at radius 1 is 1.59 bits per heavy atom.